The van der Waals surface area contributed by atoms with Crippen molar-refractivity contribution in [3.63, 3.8) is 0 Å². The molecule has 0 fully saturated rings. The Morgan fingerprint density at radius 3 is 2.63 bits per heavy atom. The molecule has 1 amide bonds. The lowest BCUT2D eigenvalue weighted by Gasteiger charge is -2.32. The van der Waals surface area contributed by atoms with Crippen molar-refractivity contribution in [1.82, 2.24) is 20.0 Å². The number of amides is 1. The van der Waals surface area contributed by atoms with E-state index in [1.165, 1.54) is 12.1 Å². The van der Waals surface area contributed by atoms with Crippen LogP contribution in [0.15, 0.2) is 66.9 Å². The monoisotopic (exact) mass is 474 g/mol. The molecule has 0 unspecified atom stereocenters. The van der Waals surface area contributed by atoms with Crippen molar-refractivity contribution in [2.45, 2.75) is 19.9 Å². The summed E-state index contributed by atoms with van der Waals surface area (Å²) < 4.78 is 19.7. The summed E-state index contributed by atoms with van der Waals surface area (Å²) in [4.78, 5) is 17.7. The lowest BCUT2D eigenvalue weighted by atomic mass is 9.99. The predicted octanol–water partition coefficient (Wildman–Crippen LogP) is 5.53. The van der Waals surface area contributed by atoms with E-state index in [4.69, 9.17) is 4.74 Å². The van der Waals surface area contributed by atoms with Crippen LogP contribution in [0.3, 0.4) is 0 Å². The molecule has 6 nitrogen and oxygen atoms in total. The fourth-order valence-electron chi connectivity index (χ4n) is 4.29. The van der Waals surface area contributed by atoms with Gasteiger partial charge in [0.15, 0.2) is 0 Å². The van der Waals surface area contributed by atoms with Gasteiger partial charge in [0.1, 0.15) is 11.6 Å². The maximum absolute atomic E-state index is 13.8. The van der Waals surface area contributed by atoms with E-state index in [1.54, 1.807) is 29.3 Å². The number of carbonyl (C=O) groups excluding carboxylic acids is 1. The molecule has 0 aliphatic carbocycles. The van der Waals surface area contributed by atoms with Crippen LogP contribution in [-0.4, -0.2) is 59.7 Å². The van der Waals surface area contributed by atoms with Crippen LogP contribution in [0.1, 0.15) is 35.8 Å². The second-order valence-electron chi connectivity index (χ2n) is 8.62. The summed E-state index contributed by atoms with van der Waals surface area (Å²) in [5.74, 6) is 0.110. The molecule has 0 aliphatic heterocycles. The zero-order chi connectivity index (χ0) is 24.9. The fraction of sp³-hybridized carbons (Fsp3) is 0.286. The number of ether oxygens (including phenoxy) is 1. The van der Waals surface area contributed by atoms with Crippen molar-refractivity contribution in [2.24, 2.45) is 0 Å². The van der Waals surface area contributed by atoms with Crippen molar-refractivity contribution < 1.29 is 13.9 Å². The minimum Gasteiger partial charge on any atom is -0.493 e. The minimum atomic E-state index is -0.319. The van der Waals surface area contributed by atoms with Gasteiger partial charge in [0.2, 0.25) is 0 Å². The Morgan fingerprint density at radius 1 is 1.09 bits per heavy atom. The molecule has 0 radical (unpaired) electrons. The lowest BCUT2D eigenvalue weighted by molar-refractivity contribution is 0.0699. The molecule has 1 N–H and O–H groups in total. The van der Waals surface area contributed by atoms with Gasteiger partial charge >= 0.3 is 0 Å². The van der Waals surface area contributed by atoms with Gasteiger partial charge in [-0.15, -0.1) is 0 Å². The third kappa shape index (κ3) is 5.20. The summed E-state index contributed by atoms with van der Waals surface area (Å²) >= 11 is 0. The van der Waals surface area contributed by atoms with Crippen LogP contribution >= 0.6 is 0 Å². The molecule has 1 heterocycles. The maximum Gasteiger partial charge on any atom is 0.254 e. The average Bonchev–Trinajstić information content (AvgIpc) is 3.36. The number of hydrogen-bond acceptors (Lipinski definition) is 4. The van der Waals surface area contributed by atoms with E-state index < -0.39 is 0 Å². The molecule has 0 saturated heterocycles. The van der Waals surface area contributed by atoms with Gasteiger partial charge in [-0.1, -0.05) is 37.3 Å². The van der Waals surface area contributed by atoms with Crippen LogP contribution in [0.25, 0.3) is 22.0 Å². The standard InChI is InChI=1S/C28H31FN4O2/c1-5-32(3)18-25(24-12-8-10-21-17-30-31-27(21)24)33(4)28(34)20-13-14-23(26(16-20)35-6-2)19-9-7-11-22(29)15-19/h7-17,25H,5-6,18H2,1-4H3,(H,30,31)/t25-/m0/s1. The van der Waals surface area contributed by atoms with Crippen molar-refractivity contribution in [1.29, 1.82) is 0 Å². The zero-order valence-electron chi connectivity index (χ0n) is 20.6. The number of aromatic amines is 1. The number of carbonyl (C=O) groups is 1. The summed E-state index contributed by atoms with van der Waals surface area (Å²) in [5, 5.41) is 8.30. The number of benzene rings is 3. The Kier molecular flexibility index (Phi) is 7.46. The topological polar surface area (TPSA) is 61.5 Å². The van der Waals surface area contributed by atoms with Gasteiger partial charge < -0.3 is 14.5 Å². The first-order chi connectivity index (χ1) is 16.9. The van der Waals surface area contributed by atoms with E-state index >= 15 is 0 Å². The van der Waals surface area contributed by atoms with Gasteiger partial charge in [-0.2, -0.15) is 5.10 Å². The Labute approximate surface area is 205 Å². The first-order valence-electron chi connectivity index (χ1n) is 11.8. The molecule has 0 bridgehead atoms. The Hall–Kier alpha value is -3.71. The van der Waals surface area contributed by atoms with E-state index in [0.29, 0.717) is 30.0 Å². The summed E-state index contributed by atoms with van der Waals surface area (Å²) in [5.41, 5.74) is 3.90. The number of nitrogens with one attached hydrogen (secondary N) is 1. The van der Waals surface area contributed by atoms with Gasteiger partial charge in [0.25, 0.3) is 5.91 Å². The average molecular weight is 475 g/mol. The van der Waals surface area contributed by atoms with Crippen LogP contribution in [0, 0.1) is 5.82 Å². The quantitative estimate of drug-likeness (QED) is 0.346. The molecular formula is C28H31FN4O2. The second kappa shape index (κ2) is 10.7. The summed E-state index contributed by atoms with van der Waals surface area (Å²) in [6, 6.07) is 17.6. The molecule has 35 heavy (non-hydrogen) atoms. The highest BCUT2D eigenvalue weighted by Crippen LogP contribution is 2.33. The third-order valence-electron chi connectivity index (χ3n) is 6.34. The highest BCUT2D eigenvalue weighted by molar-refractivity contribution is 5.96. The Morgan fingerprint density at radius 2 is 1.89 bits per heavy atom. The number of rotatable bonds is 9. The predicted molar refractivity (Wildman–Crippen MR) is 137 cm³/mol. The highest BCUT2D eigenvalue weighted by atomic mass is 19.1. The number of halogens is 1. The van der Waals surface area contributed by atoms with Crippen LogP contribution in [0.2, 0.25) is 0 Å². The summed E-state index contributed by atoms with van der Waals surface area (Å²) in [6.45, 7) is 5.93. The van der Waals surface area contributed by atoms with E-state index in [1.807, 2.05) is 51.4 Å². The molecule has 0 spiro atoms. The van der Waals surface area contributed by atoms with Crippen LogP contribution in [0.4, 0.5) is 4.39 Å². The molecule has 7 heteroatoms. The largest absolute Gasteiger partial charge is 0.493 e. The molecule has 1 atom stereocenters. The van der Waals surface area contributed by atoms with Crippen LogP contribution in [0.5, 0.6) is 5.75 Å². The second-order valence-corrected chi connectivity index (χ2v) is 8.62. The number of fused-ring (bicyclic) bond motifs is 1. The van der Waals surface area contributed by atoms with Crippen LogP contribution < -0.4 is 4.74 Å². The molecule has 0 aliphatic rings. The summed E-state index contributed by atoms with van der Waals surface area (Å²) in [7, 11) is 3.87. The molecule has 4 aromatic rings. The normalized spacial score (nSPS) is 12.2. The van der Waals surface area contributed by atoms with Crippen molar-refractivity contribution in [3.05, 3.63) is 83.8 Å². The van der Waals surface area contributed by atoms with E-state index in [9.17, 15) is 9.18 Å². The number of para-hydroxylation sites is 1. The van der Waals surface area contributed by atoms with Crippen molar-refractivity contribution in [2.75, 3.05) is 33.8 Å². The molecule has 4 rings (SSSR count). The smallest absolute Gasteiger partial charge is 0.254 e. The number of nitrogens with zero attached hydrogens (tertiary/aromatic N) is 3. The Balaban J connectivity index is 1.71. The summed E-state index contributed by atoms with van der Waals surface area (Å²) in [6.07, 6.45) is 1.79. The molecule has 182 valence electrons. The van der Waals surface area contributed by atoms with Gasteiger partial charge in [0.05, 0.1) is 24.4 Å². The van der Waals surface area contributed by atoms with Crippen LogP contribution in [-0.2, 0) is 0 Å². The lowest BCUT2D eigenvalue weighted by Crippen LogP contribution is -2.38. The zero-order valence-corrected chi connectivity index (χ0v) is 20.6. The third-order valence-corrected chi connectivity index (χ3v) is 6.34. The SMILES string of the molecule is CCOc1cc(C(=O)N(C)[C@@H](CN(C)CC)c2cccc3cn[nH]c23)ccc1-c1cccc(F)c1. The number of hydrogen-bond donors (Lipinski definition) is 1. The minimum absolute atomic E-state index is 0.122. The van der Waals surface area contributed by atoms with Gasteiger partial charge in [-0.3, -0.25) is 9.89 Å². The van der Waals surface area contributed by atoms with Gasteiger partial charge in [0, 0.05) is 35.7 Å². The molecule has 0 saturated carbocycles. The van der Waals surface area contributed by atoms with E-state index in [2.05, 4.69) is 22.0 Å². The number of aromatic nitrogens is 2. The maximum atomic E-state index is 13.8. The van der Waals surface area contributed by atoms with Gasteiger partial charge in [-0.25, -0.2) is 4.39 Å². The molecule has 1 aromatic heterocycles. The number of likely N-dealkylation sites (N-methyl/N-ethyl adjacent to an activating group) is 2. The van der Waals surface area contributed by atoms with Gasteiger partial charge in [-0.05, 0) is 56.4 Å². The molecule has 3 aromatic carbocycles. The Bertz CT molecular complexity index is 1320. The first-order valence-corrected chi connectivity index (χ1v) is 11.8. The van der Waals surface area contributed by atoms with Crippen molar-refractivity contribution >= 4 is 16.8 Å². The highest BCUT2D eigenvalue weighted by Gasteiger charge is 2.26. The first kappa shape index (κ1) is 24.4. The fourth-order valence-corrected chi connectivity index (χ4v) is 4.29. The number of H-pyrrole nitrogens is 1. The van der Waals surface area contributed by atoms with Crippen molar-refractivity contribution in [3.8, 4) is 16.9 Å². The molecular weight excluding hydrogens is 443 g/mol. The van der Waals surface area contributed by atoms with E-state index in [0.717, 1.165) is 28.6 Å². The van der Waals surface area contributed by atoms with E-state index in [-0.39, 0.29) is 17.8 Å².